The fraction of sp³-hybridized carbons (Fsp3) is 0.0833. The SMILES string of the molecule is Cc1nc(Oc2ccc(Cl)cc2[N+](=O)[O-])ncc1C(=O)O. The second kappa shape index (κ2) is 5.71. The van der Waals surface area contributed by atoms with E-state index in [0.717, 1.165) is 12.3 Å². The number of aromatic nitrogens is 2. The normalized spacial score (nSPS) is 10.2. The van der Waals surface area contributed by atoms with E-state index in [-0.39, 0.29) is 33.7 Å². The van der Waals surface area contributed by atoms with Gasteiger partial charge in [-0.3, -0.25) is 10.1 Å². The largest absolute Gasteiger partial charge is 0.478 e. The van der Waals surface area contributed by atoms with Crippen molar-refractivity contribution in [3.05, 3.63) is 50.8 Å². The number of halogens is 1. The van der Waals surface area contributed by atoms with Crippen LogP contribution in [0.5, 0.6) is 11.8 Å². The molecular formula is C12H8ClN3O5. The zero-order valence-corrected chi connectivity index (χ0v) is 11.4. The number of carbonyl (C=O) groups is 1. The van der Waals surface area contributed by atoms with Crippen molar-refractivity contribution in [2.24, 2.45) is 0 Å². The summed E-state index contributed by atoms with van der Waals surface area (Å²) in [6, 6.07) is 3.67. The smallest absolute Gasteiger partial charge is 0.339 e. The number of carboxylic acids is 1. The average molecular weight is 310 g/mol. The number of nitro benzene ring substituents is 1. The van der Waals surface area contributed by atoms with Crippen LogP contribution in [0.1, 0.15) is 16.1 Å². The lowest BCUT2D eigenvalue weighted by Gasteiger charge is -2.06. The van der Waals surface area contributed by atoms with E-state index in [2.05, 4.69) is 9.97 Å². The Bertz CT molecular complexity index is 735. The Labute approximate surface area is 123 Å². The summed E-state index contributed by atoms with van der Waals surface area (Å²) in [6.45, 7) is 1.47. The number of rotatable bonds is 4. The monoisotopic (exact) mass is 309 g/mol. The van der Waals surface area contributed by atoms with Gasteiger partial charge in [0.15, 0.2) is 0 Å². The van der Waals surface area contributed by atoms with Crippen LogP contribution in [0.3, 0.4) is 0 Å². The number of hydrogen-bond donors (Lipinski definition) is 1. The van der Waals surface area contributed by atoms with E-state index in [0.29, 0.717) is 0 Å². The van der Waals surface area contributed by atoms with Crippen LogP contribution < -0.4 is 4.74 Å². The molecule has 0 unspecified atom stereocenters. The summed E-state index contributed by atoms with van der Waals surface area (Å²) in [5.41, 5.74) is -0.233. The second-order valence-corrected chi connectivity index (χ2v) is 4.36. The third kappa shape index (κ3) is 3.23. The molecule has 0 amide bonds. The quantitative estimate of drug-likeness (QED) is 0.681. The molecule has 1 heterocycles. The van der Waals surface area contributed by atoms with Gasteiger partial charge in [-0.25, -0.2) is 9.78 Å². The topological polar surface area (TPSA) is 115 Å². The van der Waals surface area contributed by atoms with E-state index in [1.165, 1.54) is 19.1 Å². The predicted molar refractivity (Wildman–Crippen MR) is 71.9 cm³/mol. The molecule has 0 spiro atoms. The van der Waals surface area contributed by atoms with Gasteiger partial charge in [0.25, 0.3) is 0 Å². The van der Waals surface area contributed by atoms with Gasteiger partial charge in [0, 0.05) is 17.3 Å². The molecule has 8 nitrogen and oxygen atoms in total. The molecule has 0 bridgehead atoms. The lowest BCUT2D eigenvalue weighted by Crippen LogP contribution is -2.04. The van der Waals surface area contributed by atoms with Gasteiger partial charge in [-0.1, -0.05) is 11.6 Å². The van der Waals surface area contributed by atoms with Crippen LogP contribution in [0.15, 0.2) is 24.4 Å². The summed E-state index contributed by atoms with van der Waals surface area (Å²) >= 11 is 5.69. The van der Waals surface area contributed by atoms with Crippen molar-refractivity contribution >= 4 is 23.3 Å². The maximum Gasteiger partial charge on any atom is 0.339 e. The molecule has 0 radical (unpaired) electrons. The molecule has 0 atom stereocenters. The maximum absolute atomic E-state index is 10.9. The molecule has 21 heavy (non-hydrogen) atoms. The molecule has 2 aromatic rings. The number of carboxylic acid groups (broad SMARTS) is 1. The number of nitrogens with zero attached hydrogens (tertiary/aromatic N) is 3. The van der Waals surface area contributed by atoms with Crippen molar-refractivity contribution in [1.29, 1.82) is 0 Å². The summed E-state index contributed by atoms with van der Waals surface area (Å²) in [7, 11) is 0. The first-order valence-corrected chi connectivity index (χ1v) is 5.95. The second-order valence-electron chi connectivity index (χ2n) is 3.93. The highest BCUT2D eigenvalue weighted by Crippen LogP contribution is 2.32. The van der Waals surface area contributed by atoms with Gasteiger partial charge >= 0.3 is 17.7 Å². The number of ether oxygens (including phenoxy) is 1. The predicted octanol–water partition coefficient (Wildman–Crippen LogP) is 2.84. The summed E-state index contributed by atoms with van der Waals surface area (Å²) < 4.78 is 5.23. The van der Waals surface area contributed by atoms with Crippen LogP contribution in [0.2, 0.25) is 5.02 Å². The number of aryl methyl sites for hydroxylation is 1. The summed E-state index contributed by atoms with van der Waals surface area (Å²) in [5.74, 6) is -1.26. The van der Waals surface area contributed by atoms with Crippen molar-refractivity contribution in [2.45, 2.75) is 6.92 Å². The van der Waals surface area contributed by atoms with Gasteiger partial charge in [0.2, 0.25) is 5.75 Å². The molecule has 0 aliphatic rings. The van der Waals surface area contributed by atoms with Crippen LogP contribution in [0.4, 0.5) is 5.69 Å². The van der Waals surface area contributed by atoms with Crippen molar-refractivity contribution in [1.82, 2.24) is 9.97 Å². The highest BCUT2D eigenvalue weighted by molar-refractivity contribution is 6.30. The Balaban J connectivity index is 2.37. The molecule has 1 aromatic heterocycles. The van der Waals surface area contributed by atoms with E-state index >= 15 is 0 Å². The van der Waals surface area contributed by atoms with E-state index in [1.54, 1.807) is 0 Å². The molecule has 0 aliphatic carbocycles. The van der Waals surface area contributed by atoms with Gasteiger partial charge in [-0.2, -0.15) is 4.98 Å². The summed E-state index contributed by atoms with van der Waals surface area (Å²) in [5, 5.41) is 20.0. The molecule has 1 aromatic carbocycles. The highest BCUT2D eigenvalue weighted by Gasteiger charge is 2.18. The van der Waals surface area contributed by atoms with Crippen molar-refractivity contribution in [3.8, 4) is 11.8 Å². The minimum absolute atomic E-state index is 0.0760. The lowest BCUT2D eigenvalue weighted by molar-refractivity contribution is -0.385. The fourth-order valence-electron chi connectivity index (χ4n) is 1.52. The minimum Gasteiger partial charge on any atom is -0.478 e. The average Bonchev–Trinajstić information content (AvgIpc) is 2.40. The Morgan fingerprint density at radius 3 is 2.76 bits per heavy atom. The highest BCUT2D eigenvalue weighted by atomic mass is 35.5. The van der Waals surface area contributed by atoms with E-state index in [9.17, 15) is 14.9 Å². The van der Waals surface area contributed by atoms with Crippen molar-refractivity contribution in [3.63, 3.8) is 0 Å². The van der Waals surface area contributed by atoms with Gasteiger partial charge < -0.3 is 9.84 Å². The van der Waals surface area contributed by atoms with E-state index in [1.807, 2.05) is 0 Å². The summed E-state index contributed by atoms with van der Waals surface area (Å²) in [4.78, 5) is 28.7. The Kier molecular flexibility index (Phi) is 3.99. The van der Waals surface area contributed by atoms with Crippen molar-refractivity contribution < 1.29 is 19.6 Å². The fourth-order valence-corrected chi connectivity index (χ4v) is 1.69. The van der Waals surface area contributed by atoms with Gasteiger partial charge in [0.1, 0.15) is 0 Å². The minimum atomic E-state index is -1.17. The van der Waals surface area contributed by atoms with Gasteiger partial charge in [-0.05, 0) is 19.1 Å². The van der Waals surface area contributed by atoms with Crippen LogP contribution in [-0.2, 0) is 0 Å². The van der Waals surface area contributed by atoms with Crippen LogP contribution in [0.25, 0.3) is 0 Å². The molecular weight excluding hydrogens is 302 g/mol. The molecule has 0 aliphatic heterocycles. The first-order chi connectivity index (χ1) is 9.88. The first-order valence-electron chi connectivity index (χ1n) is 5.57. The van der Waals surface area contributed by atoms with E-state index < -0.39 is 10.9 Å². The molecule has 0 fully saturated rings. The van der Waals surface area contributed by atoms with Gasteiger partial charge in [-0.15, -0.1) is 0 Å². The lowest BCUT2D eigenvalue weighted by atomic mass is 10.2. The number of hydrogen-bond acceptors (Lipinski definition) is 6. The Morgan fingerprint density at radius 2 is 2.19 bits per heavy atom. The third-order valence-corrected chi connectivity index (χ3v) is 2.74. The standard InChI is InChI=1S/C12H8ClN3O5/c1-6-8(11(17)18)5-14-12(15-6)21-10-3-2-7(13)4-9(10)16(19)20/h2-5H,1H3,(H,17,18). The molecule has 0 saturated heterocycles. The zero-order valence-electron chi connectivity index (χ0n) is 10.6. The first kappa shape index (κ1) is 14.7. The Hall–Kier alpha value is -2.74. The third-order valence-electron chi connectivity index (χ3n) is 2.51. The molecule has 0 saturated carbocycles. The van der Waals surface area contributed by atoms with E-state index in [4.69, 9.17) is 21.4 Å². The van der Waals surface area contributed by atoms with Crippen LogP contribution in [0, 0.1) is 17.0 Å². The summed E-state index contributed by atoms with van der Waals surface area (Å²) in [6.07, 6.45) is 1.07. The maximum atomic E-state index is 10.9. The van der Waals surface area contributed by atoms with Crippen LogP contribution >= 0.6 is 11.6 Å². The van der Waals surface area contributed by atoms with Crippen molar-refractivity contribution in [2.75, 3.05) is 0 Å². The Morgan fingerprint density at radius 1 is 1.48 bits per heavy atom. The zero-order chi connectivity index (χ0) is 15.6. The van der Waals surface area contributed by atoms with Gasteiger partial charge in [0.05, 0.1) is 16.2 Å². The van der Waals surface area contributed by atoms with Crippen LogP contribution in [-0.4, -0.2) is 26.0 Å². The number of aromatic carboxylic acids is 1. The molecule has 108 valence electrons. The molecule has 2 rings (SSSR count). The number of nitro groups is 1. The molecule has 9 heteroatoms. The number of benzene rings is 1. The molecule has 1 N–H and O–H groups in total.